The molecule has 4 rings (SSSR count). The Morgan fingerprint density at radius 1 is 0.893 bits per heavy atom. The van der Waals surface area contributed by atoms with Gasteiger partial charge in [-0.2, -0.15) is 0 Å². The second-order valence-electron chi connectivity index (χ2n) is 6.25. The molecule has 0 unspecified atom stereocenters. The topological polar surface area (TPSA) is 77.5 Å². The van der Waals surface area contributed by atoms with Gasteiger partial charge < -0.3 is 4.74 Å². The van der Waals surface area contributed by atoms with Crippen LogP contribution < -0.4 is 0 Å². The Bertz CT molecular complexity index is 1230. The quantitative estimate of drug-likeness (QED) is 0.495. The molecule has 3 aromatic rings. The Hall–Kier alpha value is -3.32. The molecule has 0 saturated carbocycles. The maximum absolute atomic E-state index is 13.2. The number of fused-ring (bicyclic) bond motifs is 2. The van der Waals surface area contributed by atoms with Crippen molar-refractivity contribution in [2.24, 2.45) is 0 Å². The summed E-state index contributed by atoms with van der Waals surface area (Å²) in [4.78, 5) is 24.6. The van der Waals surface area contributed by atoms with E-state index >= 15 is 0 Å². The van der Waals surface area contributed by atoms with Gasteiger partial charge in [0, 0.05) is 11.1 Å². The first-order chi connectivity index (χ1) is 13.4. The van der Waals surface area contributed by atoms with Crippen molar-refractivity contribution in [1.82, 2.24) is 0 Å². The Labute approximate surface area is 160 Å². The van der Waals surface area contributed by atoms with Gasteiger partial charge in [-0.3, -0.25) is 4.79 Å². The molecule has 1 aliphatic heterocycles. The van der Waals surface area contributed by atoms with Gasteiger partial charge in [0.25, 0.3) is 0 Å². The van der Waals surface area contributed by atoms with Gasteiger partial charge in [-0.25, -0.2) is 17.6 Å². The lowest BCUT2D eigenvalue weighted by Crippen LogP contribution is -2.21. The third kappa shape index (κ3) is 2.99. The van der Waals surface area contributed by atoms with Crippen molar-refractivity contribution in [3.63, 3.8) is 0 Å². The molecule has 0 bridgehead atoms. The fourth-order valence-electron chi connectivity index (χ4n) is 3.07. The summed E-state index contributed by atoms with van der Waals surface area (Å²) in [5, 5.41) is 0. The number of hydrogen-bond acceptors (Lipinski definition) is 5. The molecule has 5 nitrogen and oxygen atoms in total. The maximum atomic E-state index is 13.2. The molecule has 7 heteroatoms. The highest BCUT2D eigenvalue weighted by molar-refractivity contribution is 7.91. The van der Waals surface area contributed by atoms with Crippen molar-refractivity contribution in [1.29, 1.82) is 0 Å². The number of carbonyl (C=O) groups is 2. The van der Waals surface area contributed by atoms with Crippen molar-refractivity contribution >= 4 is 21.6 Å². The summed E-state index contributed by atoms with van der Waals surface area (Å²) in [5.41, 5.74) is 0.575. The molecule has 0 atom stereocenters. The van der Waals surface area contributed by atoms with Gasteiger partial charge in [-0.15, -0.1) is 0 Å². The van der Waals surface area contributed by atoms with Crippen LogP contribution in [-0.2, 0) is 21.2 Å². The molecule has 0 amide bonds. The van der Waals surface area contributed by atoms with E-state index in [1.807, 2.05) is 0 Å². The van der Waals surface area contributed by atoms with E-state index in [0.717, 1.165) is 6.07 Å². The van der Waals surface area contributed by atoms with E-state index in [1.54, 1.807) is 12.1 Å². The molecule has 28 heavy (non-hydrogen) atoms. The number of ketones is 1. The van der Waals surface area contributed by atoms with E-state index in [9.17, 15) is 22.4 Å². The number of halogens is 1. The normalized spacial score (nSPS) is 14.1. The number of esters is 1. The average Bonchev–Trinajstić information content (AvgIpc) is 2.70. The number of hydrogen-bond donors (Lipinski definition) is 0. The molecule has 0 N–H and O–H groups in total. The minimum absolute atomic E-state index is 0.00842. The lowest BCUT2D eigenvalue weighted by atomic mass is 10.0. The first-order valence-electron chi connectivity index (χ1n) is 8.32. The number of rotatable bonds is 3. The first kappa shape index (κ1) is 18.1. The van der Waals surface area contributed by atoms with Gasteiger partial charge >= 0.3 is 5.97 Å². The summed E-state index contributed by atoms with van der Waals surface area (Å²) in [6, 6.07) is 15.3. The van der Waals surface area contributed by atoms with E-state index in [0.29, 0.717) is 5.56 Å². The lowest BCUT2D eigenvalue weighted by molar-refractivity contribution is 0.0471. The number of carbonyl (C=O) groups excluding carboxylic acids is 2. The summed E-state index contributed by atoms with van der Waals surface area (Å²) < 4.78 is 44.1. The molecule has 1 heterocycles. The number of benzene rings is 3. The minimum Gasteiger partial charge on any atom is -0.457 e. The van der Waals surface area contributed by atoms with Crippen LogP contribution in [0.15, 0.2) is 76.5 Å². The van der Waals surface area contributed by atoms with E-state index < -0.39 is 27.4 Å². The molecule has 1 aliphatic rings. The number of sulfone groups is 1. The van der Waals surface area contributed by atoms with Crippen molar-refractivity contribution in [2.75, 3.05) is 0 Å². The van der Waals surface area contributed by atoms with E-state index in [4.69, 9.17) is 4.74 Å². The first-order valence-corrected chi connectivity index (χ1v) is 9.81. The van der Waals surface area contributed by atoms with Crippen LogP contribution in [0.1, 0.15) is 31.8 Å². The van der Waals surface area contributed by atoms with Crippen molar-refractivity contribution in [3.05, 3.63) is 94.8 Å². The zero-order valence-corrected chi connectivity index (χ0v) is 15.2. The van der Waals surface area contributed by atoms with Crippen LogP contribution in [-0.4, -0.2) is 20.2 Å². The van der Waals surface area contributed by atoms with Gasteiger partial charge in [0.2, 0.25) is 9.84 Å². The average molecular weight is 396 g/mol. The zero-order chi connectivity index (χ0) is 19.9. The Balaban J connectivity index is 1.66. The summed E-state index contributed by atoms with van der Waals surface area (Å²) in [5.74, 6) is -1.64. The van der Waals surface area contributed by atoms with Crippen molar-refractivity contribution < 1.29 is 27.1 Å². The molecule has 0 spiro atoms. The maximum Gasteiger partial charge on any atom is 0.338 e. The fourth-order valence-corrected chi connectivity index (χ4v) is 4.75. The Kier molecular flexibility index (Phi) is 4.31. The summed E-state index contributed by atoms with van der Waals surface area (Å²) in [6.07, 6.45) is 0. The molecule has 0 radical (unpaired) electrons. The predicted molar refractivity (Wildman–Crippen MR) is 97.3 cm³/mol. The van der Waals surface area contributed by atoms with Crippen LogP contribution in [0, 0.1) is 5.82 Å². The molecule has 0 aromatic heterocycles. The Morgan fingerprint density at radius 2 is 1.64 bits per heavy atom. The van der Waals surface area contributed by atoms with Gasteiger partial charge in [-0.05, 0) is 48.0 Å². The standard InChI is InChI=1S/C21H13FO5S/c22-15-5-3-4-13(10-15)12-27-21(24)14-8-9-17-19(11-14)28(25,26)18-7-2-1-6-16(18)20(17)23/h1-11H,12H2. The smallest absolute Gasteiger partial charge is 0.338 e. The largest absolute Gasteiger partial charge is 0.457 e. The van der Waals surface area contributed by atoms with Crippen LogP contribution in [0.5, 0.6) is 0 Å². The summed E-state index contributed by atoms with van der Waals surface area (Å²) >= 11 is 0. The van der Waals surface area contributed by atoms with Gasteiger partial charge in [-0.1, -0.05) is 24.3 Å². The van der Waals surface area contributed by atoms with E-state index in [-0.39, 0.29) is 33.1 Å². The highest BCUT2D eigenvalue weighted by Gasteiger charge is 2.35. The monoisotopic (exact) mass is 396 g/mol. The summed E-state index contributed by atoms with van der Waals surface area (Å²) in [6.45, 7) is -0.164. The molecular weight excluding hydrogens is 383 g/mol. The van der Waals surface area contributed by atoms with Crippen LogP contribution in [0.2, 0.25) is 0 Å². The molecular formula is C21H13FO5S. The highest BCUT2D eigenvalue weighted by atomic mass is 32.2. The van der Waals surface area contributed by atoms with Crippen molar-refractivity contribution in [2.45, 2.75) is 16.4 Å². The fraction of sp³-hybridized carbons (Fsp3) is 0.0476. The third-order valence-corrected chi connectivity index (χ3v) is 6.28. The van der Waals surface area contributed by atoms with E-state index in [2.05, 4.69) is 0 Å². The van der Waals surface area contributed by atoms with Gasteiger partial charge in [0.05, 0.1) is 15.4 Å². The van der Waals surface area contributed by atoms with Crippen LogP contribution in [0.25, 0.3) is 0 Å². The summed E-state index contributed by atoms with van der Waals surface area (Å²) in [7, 11) is -3.94. The second kappa shape index (κ2) is 6.69. The van der Waals surface area contributed by atoms with E-state index in [1.165, 1.54) is 48.5 Å². The van der Waals surface area contributed by atoms with Crippen LogP contribution in [0.4, 0.5) is 4.39 Å². The minimum atomic E-state index is -3.94. The van der Waals surface area contributed by atoms with Gasteiger partial charge in [0.15, 0.2) is 5.78 Å². The lowest BCUT2D eigenvalue weighted by Gasteiger charge is -2.19. The molecule has 0 aliphatic carbocycles. The highest BCUT2D eigenvalue weighted by Crippen LogP contribution is 2.34. The Morgan fingerprint density at radius 3 is 2.43 bits per heavy atom. The zero-order valence-electron chi connectivity index (χ0n) is 14.4. The molecule has 140 valence electrons. The second-order valence-corrected chi connectivity index (χ2v) is 8.13. The van der Waals surface area contributed by atoms with Gasteiger partial charge in [0.1, 0.15) is 12.4 Å². The molecule has 3 aromatic carbocycles. The van der Waals surface area contributed by atoms with Crippen LogP contribution in [0.3, 0.4) is 0 Å². The molecule has 0 saturated heterocycles. The van der Waals surface area contributed by atoms with Crippen molar-refractivity contribution in [3.8, 4) is 0 Å². The molecule has 0 fully saturated rings. The van der Waals surface area contributed by atoms with Crippen LogP contribution >= 0.6 is 0 Å². The third-order valence-electron chi connectivity index (χ3n) is 4.43. The predicted octanol–water partition coefficient (Wildman–Crippen LogP) is 3.56. The number of ether oxygens (including phenoxy) is 1. The SMILES string of the molecule is O=C(OCc1cccc(F)c1)c1ccc2c(c1)S(=O)(=O)c1ccccc1C2=O.